The average Bonchev–Trinajstić information content (AvgIpc) is 0.946. The van der Waals surface area contributed by atoms with Gasteiger partial charge in [0.2, 0.25) is 0 Å². The molecule has 0 heterocycles. The van der Waals surface area contributed by atoms with Crippen LogP contribution in [-0.2, 0) is 65.4 Å². The van der Waals surface area contributed by atoms with E-state index in [2.05, 4.69) is 137 Å². The Morgan fingerprint density at radius 1 is 0.290 bits per heavy atom. The number of unbranched alkanes of at least 4 members (excludes halogenated alkanes) is 29. The van der Waals surface area contributed by atoms with E-state index in [1.807, 2.05) is 0 Å². The average molecular weight is 1450 g/mol. The summed E-state index contributed by atoms with van der Waals surface area (Å²) in [5.74, 6) is -2.23. The Kier molecular flexibility index (Phi) is 69.9. The van der Waals surface area contributed by atoms with Crippen molar-refractivity contribution in [1.82, 2.24) is 0 Å². The van der Waals surface area contributed by atoms with Gasteiger partial charge in [-0.1, -0.05) is 278 Å². The van der Waals surface area contributed by atoms with Gasteiger partial charge < -0.3 is 33.8 Å². The maximum absolute atomic E-state index is 13.1. The molecule has 0 fully saturated rings. The van der Waals surface area contributed by atoms with E-state index in [0.717, 1.165) is 161 Å². The molecule has 0 saturated carbocycles. The summed E-state index contributed by atoms with van der Waals surface area (Å²) in [4.78, 5) is 72.9. The van der Waals surface area contributed by atoms with Crippen LogP contribution in [0.15, 0.2) is 109 Å². The number of carbonyl (C=O) groups excluding carboxylic acids is 4. The van der Waals surface area contributed by atoms with Crippen LogP contribution >= 0.6 is 15.6 Å². The van der Waals surface area contributed by atoms with E-state index in [1.165, 1.54) is 77.0 Å². The minimum absolute atomic E-state index is 0.0380. The zero-order chi connectivity index (χ0) is 73.2. The molecule has 0 aliphatic carbocycles. The van der Waals surface area contributed by atoms with Crippen molar-refractivity contribution in [2.45, 2.75) is 341 Å². The molecule has 3 N–H and O–H groups in total. The third-order valence-corrected chi connectivity index (χ3v) is 18.1. The molecular weight excluding hydrogens is 1310 g/mol. The topological polar surface area (TPSA) is 237 Å². The Balaban J connectivity index is 5.38. The van der Waals surface area contributed by atoms with E-state index in [0.29, 0.717) is 32.1 Å². The summed E-state index contributed by atoms with van der Waals surface area (Å²) in [7, 11) is -9.97. The van der Waals surface area contributed by atoms with Crippen LogP contribution in [0.1, 0.15) is 323 Å². The van der Waals surface area contributed by atoms with Crippen LogP contribution in [-0.4, -0.2) is 96.7 Å². The Morgan fingerprint density at radius 3 is 0.840 bits per heavy atom. The number of carbonyl (C=O) groups is 4. The van der Waals surface area contributed by atoms with Crippen molar-refractivity contribution in [2.75, 3.05) is 39.6 Å². The van der Waals surface area contributed by atoms with Gasteiger partial charge in [0, 0.05) is 25.7 Å². The van der Waals surface area contributed by atoms with E-state index >= 15 is 0 Å². The second-order valence-electron chi connectivity index (χ2n) is 25.9. The quantitative estimate of drug-likeness (QED) is 0.0169. The largest absolute Gasteiger partial charge is 0.472 e. The van der Waals surface area contributed by atoms with Gasteiger partial charge in [-0.05, 0) is 128 Å². The maximum atomic E-state index is 13.1. The number of ether oxygens (including phenoxy) is 4. The molecule has 0 aromatic rings. The maximum Gasteiger partial charge on any atom is 0.472 e. The molecular formula is C81H140O17P2. The second-order valence-corrected chi connectivity index (χ2v) is 28.8. The van der Waals surface area contributed by atoms with Crippen LogP contribution in [0.4, 0.5) is 0 Å². The highest BCUT2D eigenvalue weighted by atomic mass is 31.2. The molecule has 0 aliphatic rings. The molecule has 5 atom stereocenters. The van der Waals surface area contributed by atoms with Crippen LogP contribution in [0, 0.1) is 0 Å². The summed E-state index contributed by atoms with van der Waals surface area (Å²) < 4.78 is 68.5. The lowest BCUT2D eigenvalue weighted by Gasteiger charge is -2.21. The lowest BCUT2D eigenvalue weighted by Crippen LogP contribution is -2.30. The fraction of sp³-hybridized carbons (Fsp3) is 0.728. The third kappa shape index (κ3) is 72.1. The molecule has 0 aromatic heterocycles. The Morgan fingerprint density at radius 2 is 0.520 bits per heavy atom. The SMILES string of the molecule is CC/C=C\C/C=C\C/C=C\C/C=C\CCCCCCCCC(=O)OCC(COP(=O)(O)OCC(O)COP(=O)(O)OCC(COC(=O)CCCCCCC/C=C\CCCCCC)OC(=O)CCCCCCCCCCCCCCC)OC(=O)CCCC/C=C\C/C=C\C/C=C\C/C=C\CC. The Labute approximate surface area is 607 Å². The summed E-state index contributed by atoms with van der Waals surface area (Å²) in [5.41, 5.74) is 0. The van der Waals surface area contributed by atoms with Crippen molar-refractivity contribution in [2.24, 2.45) is 0 Å². The molecule has 5 unspecified atom stereocenters. The van der Waals surface area contributed by atoms with Gasteiger partial charge in [-0.3, -0.25) is 37.3 Å². The zero-order valence-electron chi connectivity index (χ0n) is 62.8. The summed E-state index contributed by atoms with van der Waals surface area (Å²) in [6.45, 7) is 4.58. The molecule has 0 radical (unpaired) electrons. The van der Waals surface area contributed by atoms with Gasteiger partial charge in [0.05, 0.1) is 26.4 Å². The van der Waals surface area contributed by atoms with E-state index in [-0.39, 0.29) is 25.7 Å². The van der Waals surface area contributed by atoms with Gasteiger partial charge in [-0.25, -0.2) is 9.13 Å². The normalized spacial score (nSPS) is 14.5. The number of esters is 4. The van der Waals surface area contributed by atoms with Gasteiger partial charge >= 0.3 is 39.5 Å². The Bertz CT molecular complexity index is 2320. The number of aliphatic hydroxyl groups is 1. The summed E-state index contributed by atoms with van der Waals surface area (Å²) >= 11 is 0. The monoisotopic (exact) mass is 1450 g/mol. The van der Waals surface area contributed by atoms with Crippen LogP contribution in [0.2, 0.25) is 0 Å². The van der Waals surface area contributed by atoms with Crippen molar-refractivity contribution >= 4 is 39.5 Å². The predicted molar refractivity (Wildman–Crippen MR) is 408 cm³/mol. The molecule has 0 rings (SSSR count). The second kappa shape index (κ2) is 73.0. The fourth-order valence-electron chi connectivity index (χ4n) is 10.3. The standard InChI is InChI=1S/C81H140O17P2/c1-5-9-13-17-21-25-29-33-35-36-37-38-40-43-46-50-54-58-62-66-79(84)92-72-77(98-81(86)68-64-60-56-52-48-44-39-34-30-26-22-18-14-10-6-2)74-96-100(89,90)94-70-75(82)69-93-99(87,88)95-73-76(97-80(85)67-63-59-55-51-47-42-32-28-24-20-16-12-8-4)71-91-78(83)65-61-57-53-49-45-41-31-27-23-19-15-11-7-3/h9-10,13-14,21-22,25-27,31,33-35,37-39,48,52,75-77,82H,5-8,11-12,15-20,23-24,28-30,32,36,40-47,49-51,53-74H2,1-4H3,(H,87,88)(H,89,90)/b13-9-,14-10-,25-21-,26-22-,31-27-,35-33-,38-37-,39-34-,52-48-. The number of allylic oxidation sites excluding steroid dienone is 18. The highest BCUT2D eigenvalue weighted by Crippen LogP contribution is 2.45. The number of aliphatic hydroxyl groups excluding tert-OH is 1. The lowest BCUT2D eigenvalue weighted by atomic mass is 10.0. The first-order valence-electron chi connectivity index (χ1n) is 39.1. The minimum Gasteiger partial charge on any atom is -0.462 e. The van der Waals surface area contributed by atoms with Crippen molar-refractivity contribution in [3.63, 3.8) is 0 Å². The Hall–Kier alpha value is -4.28. The molecule has 19 heteroatoms. The number of phosphoric ester groups is 2. The summed E-state index contributed by atoms with van der Waals surface area (Å²) in [5, 5.41) is 10.6. The number of hydrogen-bond acceptors (Lipinski definition) is 15. The zero-order valence-corrected chi connectivity index (χ0v) is 64.6. The summed E-state index contributed by atoms with van der Waals surface area (Å²) in [6, 6.07) is 0. The molecule has 0 spiro atoms. The first kappa shape index (κ1) is 95.7. The molecule has 17 nitrogen and oxygen atoms in total. The van der Waals surface area contributed by atoms with Crippen LogP contribution in [0.3, 0.4) is 0 Å². The molecule has 0 aliphatic heterocycles. The van der Waals surface area contributed by atoms with Crippen molar-refractivity contribution in [1.29, 1.82) is 0 Å². The molecule has 0 aromatic carbocycles. The lowest BCUT2D eigenvalue weighted by molar-refractivity contribution is -0.161. The molecule has 0 amide bonds. The molecule has 0 saturated heterocycles. The molecule has 100 heavy (non-hydrogen) atoms. The summed E-state index contributed by atoms with van der Waals surface area (Å²) in [6.07, 6.45) is 77.9. The van der Waals surface area contributed by atoms with E-state index < -0.39 is 97.5 Å². The highest BCUT2D eigenvalue weighted by Gasteiger charge is 2.30. The van der Waals surface area contributed by atoms with Gasteiger partial charge in [0.1, 0.15) is 19.3 Å². The van der Waals surface area contributed by atoms with E-state index in [4.69, 9.17) is 37.0 Å². The number of rotatable bonds is 73. The van der Waals surface area contributed by atoms with Crippen LogP contribution < -0.4 is 0 Å². The van der Waals surface area contributed by atoms with Gasteiger partial charge in [-0.15, -0.1) is 0 Å². The van der Waals surface area contributed by atoms with Crippen LogP contribution in [0.25, 0.3) is 0 Å². The van der Waals surface area contributed by atoms with E-state index in [9.17, 15) is 43.2 Å². The van der Waals surface area contributed by atoms with Crippen molar-refractivity contribution < 1.29 is 80.2 Å². The number of phosphoric acid groups is 2. The third-order valence-electron chi connectivity index (χ3n) is 16.2. The minimum atomic E-state index is -4.99. The first-order valence-corrected chi connectivity index (χ1v) is 42.1. The molecule has 576 valence electrons. The predicted octanol–water partition coefficient (Wildman–Crippen LogP) is 22.6. The van der Waals surface area contributed by atoms with Crippen LogP contribution in [0.5, 0.6) is 0 Å². The van der Waals surface area contributed by atoms with Crippen molar-refractivity contribution in [3.05, 3.63) is 109 Å². The van der Waals surface area contributed by atoms with Gasteiger partial charge in [0.25, 0.3) is 0 Å². The molecule has 0 bridgehead atoms. The number of hydrogen-bond donors (Lipinski definition) is 3. The smallest absolute Gasteiger partial charge is 0.462 e. The van der Waals surface area contributed by atoms with Crippen molar-refractivity contribution in [3.8, 4) is 0 Å². The fourth-order valence-corrected chi connectivity index (χ4v) is 11.9. The highest BCUT2D eigenvalue weighted by molar-refractivity contribution is 7.47. The first-order chi connectivity index (χ1) is 48.7. The van der Waals surface area contributed by atoms with E-state index in [1.54, 1.807) is 0 Å². The van der Waals surface area contributed by atoms with Gasteiger partial charge in [-0.2, -0.15) is 0 Å². The van der Waals surface area contributed by atoms with Gasteiger partial charge in [0.15, 0.2) is 12.2 Å².